The second-order valence-corrected chi connectivity index (χ2v) is 7.12. The largest absolute Gasteiger partial charge is 0.486 e. The van der Waals surface area contributed by atoms with Crippen LogP contribution in [0.5, 0.6) is 0 Å². The highest BCUT2D eigenvalue weighted by Gasteiger charge is 2.41. The Hall–Kier alpha value is -1.84. The SMILES string of the molecule is O=C(O)c1c(C(F)F)nc(C(F)(F)F)c(C=C2OCCS2)c1CC1CC1. The van der Waals surface area contributed by atoms with Crippen molar-refractivity contribution in [3.8, 4) is 0 Å². The number of nitrogens with zero attached hydrogens (tertiary/aromatic N) is 1. The number of aromatic carboxylic acids is 1. The summed E-state index contributed by atoms with van der Waals surface area (Å²) < 4.78 is 72.3. The molecule has 1 aromatic heterocycles. The second kappa shape index (κ2) is 7.05. The monoisotopic (exact) mass is 395 g/mol. The summed E-state index contributed by atoms with van der Waals surface area (Å²) in [6.07, 6.45) is -5.95. The second-order valence-electron chi connectivity index (χ2n) is 6.02. The number of pyridine rings is 1. The van der Waals surface area contributed by atoms with Gasteiger partial charge < -0.3 is 9.84 Å². The summed E-state index contributed by atoms with van der Waals surface area (Å²) in [5.41, 5.74) is -4.42. The fraction of sp³-hybridized carbons (Fsp3) is 0.500. The van der Waals surface area contributed by atoms with Gasteiger partial charge in [0.2, 0.25) is 0 Å². The molecule has 1 aliphatic heterocycles. The normalized spacial score (nSPS) is 19.2. The summed E-state index contributed by atoms with van der Waals surface area (Å²) >= 11 is 1.17. The van der Waals surface area contributed by atoms with Crippen LogP contribution in [0.15, 0.2) is 5.09 Å². The molecule has 2 aliphatic rings. The molecule has 0 bridgehead atoms. The lowest BCUT2D eigenvalue weighted by Crippen LogP contribution is -2.20. The number of rotatable bonds is 5. The Balaban J connectivity index is 2.30. The molecule has 0 spiro atoms. The molecule has 1 saturated carbocycles. The van der Waals surface area contributed by atoms with Crippen LogP contribution in [0.25, 0.3) is 6.08 Å². The average Bonchev–Trinajstić information content (AvgIpc) is 3.19. The molecule has 1 N–H and O–H groups in total. The molecule has 142 valence electrons. The van der Waals surface area contributed by atoms with Crippen LogP contribution < -0.4 is 0 Å². The van der Waals surface area contributed by atoms with Gasteiger partial charge in [-0.3, -0.25) is 0 Å². The summed E-state index contributed by atoms with van der Waals surface area (Å²) in [7, 11) is 0. The summed E-state index contributed by atoms with van der Waals surface area (Å²) in [5, 5.41) is 9.59. The summed E-state index contributed by atoms with van der Waals surface area (Å²) in [6, 6.07) is 0. The van der Waals surface area contributed by atoms with E-state index in [1.54, 1.807) is 0 Å². The van der Waals surface area contributed by atoms with E-state index in [-0.39, 0.29) is 23.0 Å². The Morgan fingerprint density at radius 3 is 2.54 bits per heavy atom. The highest BCUT2D eigenvalue weighted by Crippen LogP contribution is 2.42. The van der Waals surface area contributed by atoms with E-state index in [9.17, 15) is 31.9 Å². The van der Waals surface area contributed by atoms with Crippen LogP contribution in [-0.4, -0.2) is 28.4 Å². The molecule has 0 radical (unpaired) electrons. The zero-order valence-electron chi connectivity index (χ0n) is 13.3. The maximum absolute atomic E-state index is 13.5. The molecule has 1 aliphatic carbocycles. The Morgan fingerprint density at radius 2 is 2.08 bits per heavy atom. The van der Waals surface area contributed by atoms with Gasteiger partial charge in [0, 0.05) is 11.3 Å². The number of carboxylic acid groups (broad SMARTS) is 1. The van der Waals surface area contributed by atoms with Crippen molar-refractivity contribution < 1.29 is 36.6 Å². The number of hydrogen-bond acceptors (Lipinski definition) is 4. The van der Waals surface area contributed by atoms with Crippen molar-refractivity contribution in [3.63, 3.8) is 0 Å². The van der Waals surface area contributed by atoms with Gasteiger partial charge in [0.15, 0.2) is 10.8 Å². The Kier molecular flexibility index (Phi) is 5.14. The number of carboxylic acids is 1. The molecule has 1 aromatic rings. The van der Waals surface area contributed by atoms with E-state index in [0.717, 1.165) is 6.08 Å². The van der Waals surface area contributed by atoms with Gasteiger partial charge in [-0.2, -0.15) is 13.2 Å². The van der Waals surface area contributed by atoms with Crippen molar-refractivity contribution >= 4 is 23.8 Å². The summed E-state index contributed by atoms with van der Waals surface area (Å²) in [5.74, 6) is -1.19. The average molecular weight is 395 g/mol. The summed E-state index contributed by atoms with van der Waals surface area (Å²) in [6.45, 7) is 0.310. The van der Waals surface area contributed by atoms with Crippen LogP contribution in [0.2, 0.25) is 0 Å². The number of ether oxygens (including phenoxy) is 1. The van der Waals surface area contributed by atoms with Gasteiger partial charge in [-0.25, -0.2) is 18.6 Å². The maximum atomic E-state index is 13.5. The maximum Gasteiger partial charge on any atom is 0.433 e. The third kappa shape index (κ3) is 3.94. The predicted molar refractivity (Wildman–Crippen MR) is 84.0 cm³/mol. The first-order chi connectivity index (χ1) is 12.2. The van der Waals surface area contributed by atoms with E-state index in [4.69, 9.17) is 4.74 Å². The zero-order chi connectivity index (χ0) is 19.1. The van der Waals surface area contributed by atoms with Crippen molar-refractivity contribution in [1.82, 2.24) is 4.98 Å². The first kappa shape index (κ1) is 18.9. The van der Waals surface area contributed by atoms with E-state index < -0.39 is 41.1 Å². The lowest BCUT2D eigenvalue weighted by molar-refractivity contribution is -0.141. The molecule has 0 atom stereocenters. The molecule has 4 nitrogen and oxygen atoms in total. The molecule has 1 saturated heterocycles. The standard InChI is InChI=1S/C16H14F5NO3S/c17-14(18)12-11(15(23)24)8(5-7-1-2-7)9(6-10-25-3-4-26-10)13(22-12)16(19,20)21/h6-7,14H,1-5H2,(H,23,24). The van der Waals surface area contributed by atoms with Gasteiger partial charge >= 0.3 is 12.1 Å². The van der Waals surface area contributed by atoms with Gasteiger partial charge in [-0.05, 0) is 36.8 Å². The number of hydrogen-bond donors (Lipinski definition) is 1. The van der Waals surface area contributed by atoms with Gasteiger partial charge in [-0.15, -0.1) is 0 Å². The minimum absolute atomic E-state index is 0.0171. The van der Waals surface area contributed by atoms with Crippen molar-refractivity contribution in [2.24, 2.45) is 5.92 Å². The van der Waals surface area contributed by atoms with Gasteiger partial charge in [0.05, 0.1) is 12.2 Å². The highest BCUT2D eigenvalue weighted by molar-refractivity contribution is 8.03. The fourth-order valence-electron chi connectivity index (χ4n) is 2.79. The lowest BCUT2D eigenvalue weighted by Gasteiger charge is -2.19. The quantitative estimate of drug-likeness (QED) is 0.729. The van der Waals surface area contributed by atoms with E-state index in [1.165, 1.54) is 11.8 Å². The van der Waals surface area contributed by atoms with E-state index >= 15 is 0 Å². The van der Waals surface area contributed by atoms with Crippen LogP contribution in [-0.2, 0) is 17.3 Å². The highest BCUT2D eigenvalue weighted by atomic mass is 32.2. The fourth-order valence-corrected chi connectivity index (χ4v) is 3.52. The smallest absolute Gasteiger partial charge is 0.433 e. The van der Waals surface area contributed by atoms with E-state index in [0.29, 0.717) is 25.2 Å². The van der Waals surface area contributed by atoms with Crippen molar-refractivity contribution in [3.05, 3.63) is 33.2 Å². The van der Waals surface area contributed by atoms with Gasteiger partial charge in [0.1, 0.15) is 5.69 Å². The van der Waals surface area contributed by atoms with Crippen LogP contribution >= 0.6 is 11.8 Å². The third-order valence-electron chi connectivity index (χ3n) is 4.08. The Morgan fingerprint density at radius 1 is 1.38 bits per heavy atom. The molecule has 0 amide bonds. The molecular formula is C16H14F5NO3S. The van der Waals surface area contributed by atoms with Crippen LogP contribution in [0.4, 0.5) is 22.0 Å². The van der Waals surface area contributed by atoms with Crippen LogP contribution in [0, 0.1) is 5.92 Å². The van der Waals surface area contributed by atoms with Gasteiger partial charge in [-0.1, -0.05) is 11.8 Å². The van der Waals surface area contributed by atoms with E-state index in [2.05, 4.69) is 4.98 Å². The molecule has 3 rings (SSSR count). The Bertz CT molecular complexity index is 751. The van der Waals surface area contributed by atoms with E-state index in [1.807, 2.05) is 0 Å². The number of aromatic nitrogens is 1. The Labute approximate surface area is 149 Å². The minimum Gasteiger partial charge on any atom is -0.486 e. The minimum atomic E-state index is -5.01. The van der Waals surface area contributed by atoms with Crippen LogP contribution in [0.3, 0.4) is 0 Å². The van der Waals surface area contributed by atoms with Crippen molar-refractivity contribution in [1.29, 1.82) is 0 Å². The molecule has 0 unspecified atom stereocenters. The van der Waals surface area contributed by atoms with Crippen LogP contribution in [0.1, 0.15) is 52.1 Å². The number of carbonyl (C=O) groups is 1. The molecular weight excluding hydrogens is 381 g/mol. The number of thioether (sulfide) groups is 1. The summed E-state index contributed by atoms with van der Waals surface area (Å²) in [4.78, 5) is 14.6. The van der Waals surface area contributed by atoms with Gasteiger partial charge in [0.25, 0.3) is 6.43 Å². The topological polar surface area (TPSA) is 59.4 Å². The molecule has 26 heavy (non-hydrogen) atoms. The predicted octanol–water partition coefficient (Wildman–Crippen LogP) is 4.75. The molecule has 0 aromatic carbocycles. The third-order valence-corrected chi connectivity index (χ3v) is 4.97. The molecule has 2 heterocycles. The van der Waals surface area contributed by atoms with Crippen molar-refractivity contribution in [2.75, 3.05) is 12.4 Å². The molecule has 2 fully saturated rings. The van der Waals surface area contributed by atoms with Crippen molar-refractivity contribution in [2.45, 2.75) is 31.9 Å². The zero-order valence-corrected chi connectivity index (χ0v) is 14.1. The first-order valence-corrected chi connectivity index (χ1v) is 8.79. The first-order valence-electron chi connectivity index (χ1n) is 7.81. The number of alkyl halides is 5. The lowest BCUT2D eigenvalue weighted by atomic mass is 9.93. The molecule has 10 heteroatoms. The number of halogens is 5.